The first-order valence-electron chi connectivity index (χ1n) is 13.9. The Morgan fingerprint density at radius 3 is 2.48 bits per heavy atom. The first kappa shape index (κ1) is 30.0. The zero-order valence-corrected chi connectivity index (χ0v) is 25.9. The Morgan fingerprint density at radius 2 is 1.82 bits per heavy atom. The summed E-state index contributed by atoms with van der Waals surface area (Å²) < 4.78 is 18.0. The molecule has 0 spiro atoms. The number of hydroxylamine groups is 2. The standard InChI is InChI=1S/C28H43N5O6Si/c1-27(2,3)39-25(34)29-21(18-37-40(7,8)28(4,5)6)23-30-31-24(38-23)22-15-14-20-16-32(22)26(35)33(20)36-17-19-12-10-9-11-13-19/h9-13,20-22H,14-18H2,1-8H3,(H,29,34)/t20-,21?,22-/m0/s1. The van der Waals surface area contributed by atoms with E-state index in [2.05, 4.69) is 49.4 Å². The van der Waals surface area contributed by atoms with Crippen molar-refractivity contribution in [1.82, 2.24) is 25.5 Å². The third-order valence-electron chi connectivity index (χ3n) is 7.68. The molecule has 2 aliphatic heterocycles. The van der Waals surface area contributed by atoms with Crippen molar-refractivity contribution in [2.75, 3.05) is 13.2 Å². The van der Waals surface area contributed by atoms with Crippen LogP contribution in [0.5, 0.6) is 0 Å². The van der Waals surface area contributed by atoms with Crippen LogP contribution in [0.1, 0.15) is 83.8 Å². The van der Waals surface area contributed by atoms with Gasteiger partial charge in [-0.15, -0.1) is 10.2 Å². The van der Waals surface area contributed by atoms with Crippen molar-refractivity contribution in [3.05, 3.63) is 47.7 Å². The van der Waals surface area contributed by atoms with E-state index in [-0.39, 0.29) is 35.7 Å². The molecule has 3 amide bonds. The summed E-state index contributed by atoms with van der Waals surface area (Å²) in [7, 11) is -2.14. The number of hydrogen-bond acceptors (Lipinski definition) is 8. The fraction of sp³-hybridized carbons (Fsp3) is 0.643. The summed E-state index contributed by atoms with van der Waals surface area (Å²) in [5, 5.41) is 12.9. The molecular weight excluding hydrogens is 530 g/mol. The van der Waals surface area contributed by atoms with Crippen LogP contribution in [0, 0.1) is 0 Å². The average Bonchev–Trinajstić information content (AvgIpc) is 3.43. The van der Waals surface area contributed by atoms with E-state index in [0.29, 0.717) is 25.5 Å². The van der Waals surface area contributed by atoms with Crippen LogP contribution in [0.2, 0.25) is 18.1 Å². The van der Waals surface area contributed by atoms with Crippen LogP contribution >= 0.6 is 0 Å². The number of hydrogen-bond donors (Lipinski definition) is 1. The molecule has 0 aliphatic carbocycles. The molecule has 0 radical (unpaired) electrons. The molecule has 0 saturated carbocycles. The maximum atomic E-state index is 13.3. The number of carbonyl (C=O) groups excluding carboxylic acids is 2. The molecule has 2 bridgehead atoms. The Morgan fingerprint density at radius 1 is 1.12 bits per heavy atom. The Bertz CT molecular complexity index is 1180. The topological polar surface area (TPSA) is 119 Å². The molecule has 220 valence electrons. The molecule has 2 aliphatic rings. The van der Waals surface area contributed by atoms with E-state index in [4.69, 9.17) is 18.4 Å². The summed E-state index contributed by atoms with van der Waals surface area (Å²) in [6, 6.07) is 8.43. The fourth-order valence-electron chi connectivity index (χ4n) is 4.43. The van der Waals surface area contributed by atoms with Gasteiger partial charge in [-0.2, -0.15) is 5.06 Å². The Kier molecular flexibility index (Phi) is 8.62. The van der Waals surface area contributed by atoms with Gasteiger partial charge in [-0.3, -0.25) is 4.84 Å². The number of piperidine rings is 1. The second-order valence-corrected chi connectivity index (χ2v) is 17.8. The van der Waals surface area contributed by atoms with Crippen molar-refractivity contribution in [2.45, 2.75) is 103 Å². The van der Waals surface area contributed by atoms with E-state index in [1.165, 1.54) is 5.06 Å². The molecule has 11 nitrogen and oxygen atoms in total. The number of benzene rings is 1. The summed E-state index contributed by atoms with van der Waals surface area (Å²) in [4.78, 5) is 33.6. The molecule has 12 heteroatoms. The van der Waals surface area contributed by atoms with Gasteiger partial charge in [0.05, 0.1) is 12.6 Å². The van der Waals surface area contributed by atoms with Gasteiger partial charge in [0.1, 0.15) is 24.3 Å². The van der Waals surface area contributed by atoms with Crippen LogP contribution in [-0.2, 0) is 20.6 Å². The normalized spacial score (nSPS) is 20.6. The SMILES string of the molecule is CC(C)(C)OC(=O)NC(CO[Si](C)(C)C(C)(C)C)c1nnc([C@@H]2CC[C@H]3CN2C(=O)N3OCc2ccccc2)o1. The van der Waals surface area contributed by atoms with Gasteiger partial charge in [0.25, 0.3) is 0 Å². The summed E-state index contributed by atoms with van der Waals surface area (Å²) in [6.07, 6.45) is 0.805. The number of aromatic nitrogens is 2. The number of ether oxygens (including phenoxy) is 1. The van der Waals surface area contributed by atoms with E-state index in [1.54, 1.807) is 25.7 Å². The number of nitrogens with zero attached hydrogens (tertiary/aromatic N) is 4. The highest BCUT2D eigenvalue weighted by molar-refractivity contribution is 6.74. The van der Waals surface area contributed by atoms with E-state index in [9.17, 15) is 9.59 Å². The van der Waals surface area contributed by atoms with Crippen molar-refractivity contribution in [3.63, 3.8) is 0 Å². The zero-order valence-electron chi connectivity index (χ0n) is 24.9. The molecule has 40 heavy (non-hydrogen) atoms. The number of fused-ring (bicyclic) bond motifs is 2. The maximum absolute atomic E-state index is 13.3. The molecule has 4 rings (SSSR count). The molecule has 3 heterocycles. The lowest BCUT2D eigenvalue weighted by molar-refractivity contribution is -0.140. The fourth-order valence-corrected chi connectivity index (χ4v) is 5.44. The van der Waals surface area contributed by atoms with E-state index in [0.717, 1.165) is 12.0 Å². The van der Waals surface area contributed by atoms with Crippen molar-refractivity contribution in [1.29, 1.82) is 0 Å². The third kappa shape index (κ3) is 7.02. The second kappa shape index (κ2) is 11.5. The summed E-state index contributed by atoms with van der Waals surface area (Å²) >= 11 is 0. The third-order valence-corrected chi connectivity index (χ3v) is 12.2. The summed E-state index contributed by atoms with van der Waals surface area (Å²) in [5.74, 6) is 0.542. The number of amides is 3. The number of nitrogens with one attached hydrogen (secondary N) is 1. The number of urea groups is 1. The van der Waals surface area contributed by atoms with Crippen LogP contribution in [0.15, 0.2) is 34.7 Å². The van der Waals surface area contributed by atoms with Crippen molar-refractivity contribution in [3.8, 4) is 0 Å². The van der Waals surface area contributed by atoms with Gasteiger partial charge >= 0.3 is 12.1 Å². The Labute approximate surface area is 237 Å². The predicted molar refractivity (Wildman–Crippen MR) is 150 cm³/mol. The number of alkyl carbamates (subject to hydrolysis) is 1. The van der Waals surface area contributed by atoms with Crippen LogP contribution in [0.25, 0.3) is 0 Å². The van der Waals surface area contributed by atoms with E-state index >= 15 is 0 Å². The van der Waals surface area contributed by atoms with Crippen molar-refractivity contribution >= 4 is 20.4 Å². The Hall–Kier alpha value is -2.96. The van der Waals surface area contributed by atoms with Gasteiger partial charge in [0, 0.05) is 6.54 Å². The van der Waals surface area contributed by atoms with Crippen molar-refractivity contribution in [2.24, 2.45) is 0 Å². The highest BCUT2D eigenvalue weighted by atomic mass is 28.4. The molecule has 1 unspecified atom stereocenters. The number of carbonyl (C=O) groups is 2. The highest BCUT2D eigenvalue weighted by Gasteiger charge is 2.48. The van der Waals surface area contributed by atoms with Gasteiger partial charge < -0.3 is 23.8 Å². The molecule has 3 atom stereocenters. The quantitative estimate of drug-likeness (QED) is 0.378. The summed E-state index contributed by atoms with van der Waals surface area (Å²) in [6.45, 7) is 17.1. The number of rotatable bonds is 9. The first-order valence-corrected chi connectivity index (χ1v) is 16.8. The van der Waals surface area contributed by atoms with E-state index in [1.807, 2.05) is 30.3 Å². The minimum atomic E-state index is -2.14. The van der Waals surface area contributed by atoms with Crippen LogP contribution in [0.3, 0.4) is 0 Å². The minimum absolute atomic E-state index is 0.0212. The maximum Gasteiger partial charge on any atom is 0.408 e. The highest BCUT2D eigenvalue weighted by Crippen LogP contribution is 2.39. The van der Waals surface area contributed by atoms with Gasteiger partial charge in [0.15, 0.2) is 8.32 Å². The lowest BCUT2D eigenvalue weighted by atomic mass is 10.0. The van der Waals surface area contributed by atoms with Crippen molar-refractivity contribution < 1.29 is 28.0 Å². The Balaban J connectivity index is 1.47. The molecule has 1 N–H and O–H groups in total. The molecular formula is C28H43N5O6Si. The monoisotopic (exact) mass is 573 g/mol. The van der Waals surface area contributed by atoms with Crippen LogP contribution in [0.4, 0.5) is 9.59 Å². The summed E-state index contributed by atoms with van der Waals surface area (Å²) in [5.41, 5.74) is 0.325. The largest absolute Gasteiger partial charge is 0.444 e. The molecule has 2 fully saturated rings. The van der Waals surface area contributed by atoms with Gasteiger partial charge in [-0.1, -0.05) is 51.1 Å². The molecule has 2 saturated heterocycles. The lowest BCUT2D eigenvalue weighted by Gasteiger charge is -2.37. The lowest BCUT2D eigenvalue weighted by Crippen LogP contribution is -2.44. The van der Waals surface area contributed by atoms with Crippen LogP contribution < -0.4 is 5.32 Å². The first-order chi connectivity index (χ1) is 18.6. The van der Waals surface area contributed by atoms with Gasteiger partial charge in [0.2, 0.25) is 11.8 Å². The average molecular weight is 574 g/mol. The zero-order chi connectivity index (χ0) is 29.3. The van der Waals surface area contributed by atoms with Crippen LogP contribution in [-0.4, -0.2) is 65.4 Å². The van der Waals surface area contributed by atoms with Gasteiger partial charge in [-0.25, -0.2) is 9.59 Å². The predicted octanol–water partition coefficient (Wildman–Crippen LogP) is 5.73. The molecule has 1 aromatic carbocycles. The molecule has 1 aromatic heterocycles. The smallest absolute Gasteiger partial charge is 0.408 e. The molecule has 2 aromatic rings. The minimum Gasteiger partial charge on any atom is -0.444 e. The van der Waals surface area contributed by atoms with E-state index < -0.39 is 26.1 Å². The van der Waals surface area contributed by atoms with Gasteiger partial charge in [-0.05, 0) is 57.3 Å². The second-order valence-electron chi connectivity index (χ2n) is 13.0.